The Hall–Kier alpha value is -1.92. The number of urea groups is 1. The van der Waals surface area contributed by atoms with E-state index >= 15 is 0 Å². The Morgan fingerprint density at radius 2 is 2.05 bits per heavy atom. The van der Waals surface area contributed by atoms with Crippen LogP contribution in [0.15, 0.2) is 18.3 Å². The molecule has 1 aromatic carbocycles. The first-order chi connectivity index (χ1) is 10.4. The molecule has 0 aliphatic carbocycles. The number of benzene rings is 1. The van der Waals surface area contributed by atoms with Crippen LogP contribution in [0.5, 0.6) is 5.75 Å². The molecule has 0 aliphatic heterocycles. The molecule has 118 valence electrons. The van der Waals surface area contributed by atoms with Gasteiger partial charge in [-0.25, -0.2) is 4.79 Å². The van der Waals surface area contributed by atoms with Gasteiger partial charge in [0.25, 0.3) is 0 Å². The summed E-state index contributed by atoms with van der Waals surface area (Å²) in [6.45, 7) is 2.30. The topological polar surface area (TPSA) is 68.2 Å². The minimum absolute atomic E-state index is 0.334. The highest BCUT2D eigenvalue weighted by Gasteiger charge is 2.12. The molecule has 0 aliphatic rings. The van der Waals surface area contributed by atoms with Crippen molar-refractivity contribution >= 4 is 34.9 Å². The van der Waals surface area contributed by atoms with E-state index in [1.165, 1.54) is 13.2 Å². The molecule has 0 saturated carbocycles. The molecular formula is C14H16Cl2N4O2. The minimum atomic E-state index is -0.375. The molecule has 1 heterocycles. The number of amides is 2. The number of carbonyl (C=O) groups excluding carboxylic acids is 1. The predicted octanol–water partition coefficient (Wildman–Crippen LogP) is 3.37. The molecule has 2 rings (SSSR count). The Labute approximate surface area is 138 Å². The van der Waals surface area contributed by atoms with Crippen LogP contribution in [0.4, 0.5) is 10.5 Å². The van der Waals surface area contributed by atoms with Crippen LogP contribution in [-0.2, 0) is 13.6 Å². The number of aromatic nitrogens is 2. The van der Waals surface area contributed by atoms with E-state index in [-0.39, 0.29) is 6.03 Å². The molecule has 0 unspecified atom stereocenters. The third-order valence-electron chi connectivity index (χ3n) is 3.27. The second-order valence-electron chi connectivity index (χ2n) is 4.65. The summed E-state index contributed by atoms with van der Waals surface area (Å²) >= 11 is 11.9. The number of halogens is 2. The van der Waals surface area contributed by atoms with E-state index in [0.29, 0.717) is 28.0 Å². The fourth-order valence-corrected chi connectivity index (χ4v) is 2.17. The van der Waals surface area contributed by atoms with Crippen molar-refractivity contribution in [2.75, 3.05) is 12.4 Å². The van der Waals surface area contributed by atoms with Gasteiger partial charge >= 0.3 is 6.03 Å². The number of nitrogens with one attached hydrogen (secondary N) is 2. The molecule has 0 spiro atoms. The Kier molecular flexibility index (Phi) is 5.15. The smallest absolute Gasteiger partial charge is 0.319 e. The maximum Gasteiger partial charge on any atom is 0.319 e. The summed E-state index contributed by atoms with van der Waals surface area (Å²) in [4.78, 5) is 12.0. The van der Waals surface area contributed by atoms with Gasteiger partial charge in [0, 0.05) is 30.9 Å². The number of anilines is 1. The van der Waals surface area contributed by atoms with Crippen molar-refractivity contribution in [1.29, 1.82) is 0 Å². The summed E-state index contributed by atoms with van der Waals surface area (Å²) in [5, 5.41) is 10.2. The van der Waals surface area contributed by atoms with Gasteiger partial charge in [-0.1, -0.05) is 23.2 Å². The zero-order valence-corrected chi connectivity index (χ0v) is 13.9. The van der Waals surface area contributed by atoms with Crippen LogP contribution >= 0.6 is 23.2 Å². The highest BCUT2D eigenvalue weighted by Crippen LogP contribution is 2.34. The number of nitrogens with zero attached hydrogens (tertiary/aromatic N) is 2. The van der Waals surface area contributed by atoms with Crippen molar-refractivity contribution in [3.8, 4) is 5.75 Å². The maximum absolute atomic E-state index is 12.0. The Morgan fingerprint density at radius 1 is 1.36 bits per heavy atom. The van der Waals surface area contributed by atoms with Crippen LogP contribution in [-0.4, -0.2) is 22.9 Å². The van der Waals surface area contributed by atoms with Crippen molar-refractivity contribution in [2.24, 2.45) is 7.05 Å². The highest BCUT2D eigenvalue weighted by molar-refractivity contribution is 6.42. The average Bonchev–Trinajstić information content (AvgIpc) is 2.80. The van der Waals surface area contributed by atoms with Gasteiger partial charge in [0.1, 0.15) is 5.75 Å². The molecule has 1 aromatic heterocycles. The zero-order valence-electron chi connectivity index (χ0n) is 12.4. The number of hydrogen-bond donors (Lipinski definition) is 2. The van der Waals surface area contributed by atoms with Gasteiger partial charge in [-0.05, 0) is 13.0 Å². The molecule has 22 heavy (non-hydrogen) atoms. The van der Waals surface area contributed by atoms with Gasteiger partial charge in [0.2, 0.25) is 0 Å². The van der Waals surface area contributed by atoms with Crippen molar-refractivity contribution < 1.29 is 9.53 Å². The molecule has 0 radical (unpaired) electrons. The standard InChI is InChI=1S/C14H16Cl2N4O2/c1-8-9(7-18-20(8)2)6-17-14(21)19-12-4-10(15)11(16)5-13(12)22-3/h4-5,7H,6H2,1-3H3,(H2,17,19,21). The van der Waals surface area contributed by atoms with Crippen LogP contribution in [0.2, 0.25) is 10.0 Å². The SMILES string of the molecule is COc1cc(Cl)c(Cl)cc1NC(=O)NCc1cnn(C)c1C. The van der Waals surface area contributed by atoms with E-state index in [2.05, 4.69) is 15.7 Å². The summed E-state index contributed by atoms with van der Waals surface area (Å²) in [6.07, 6.45) is 1.72. The number of rotatable bonds is 4. The lowest BCUT2D eigenvalue weighted by Gasteiger charge is -2.12. The summed E-state index contributed by atoms with van der Waals surface area (Å²) < 4.78 is 6.92. The molecule has 0 fully saturated rings. The third-order valence-corrected chi connectivity index (χ3v) is 3.99. The second-order valence-corrected chi connectivity index (χ2v) is 5.47. The van der Waals surface area contributed by atoms with Crippen LogP contribution < -0.4 is 15.4 Å². The number of aryl methyl sites for hydroxylation is 1. The Bertz CT molecular complexity index is 700. The summed E-state index contributed by atoms with van der Waals surface area (Å²) in [7, 11) is 3.33. The normalized spacial score (nSPS) is 10.4. The molecule has 8 heteroatoms. The summed E-state index contributed by atoms with van der Waals surface area (Å²) in [5.74, 6) is 0.433. The summed E-state index contributed by atoms with van der Waals surface area (Å²) in [6, 6.07) is 2.71. The number of methoxy groups -OCH3 is 1. The van der Waals surface area contributed by atoms with E-state index in [4.69, 9.17) is 27.9 Å². The fourth-order valence-electron chi connectivity index (χ4n) is 1.85. The zero-order chi connectivity index (χ0) is 16.3. The first kappa shape index (κ1) is 16.5. The number of ether oxygens (including phenoxy) is 1. The molecule has 0 saturated heterocycles. The Morgan fingerprint density at radius 3 is 2.64 bits per heavy atom. The lowest BCUT2D eigenvalue weighted by Crippen LogP contribution is -2.28. The largest absolute Gasteiger partial charge is 0.495 e. The van der Waals surface area contributed by atoms with Crippen LogP contribution in [0.3, 0.4) is 0 Å². The molecule has 2 amide bonds. The van der Waals surface area contributed by atoms with Crippen LogP contribution in [0.25, 0.3) is 0 Å². The van der Waals surface area contributed by atoms with E-state index in [0.717, 1.165) is 11.3 Å². The van der Waals surface area contributed by atoms with Crippen LogP contribution in [0.1, 0.15) is 11.3 Å². The second kappa shape index (κ2) is 6.89. The third kappa shape index (κ3) is 3.64. The molecule has 0 bridgehead atoms. The first-order valence-corrected chi connectivity index (χ1v) is 7.23. The Balaban J connectivity index is 2.03. The minimum Gasteiger partial charge on any atom is -0.495 e. The van der Waals surface area contributed by atoms with Crippen LogP contribution in [0, 0.1) is 6.92 Å². The number of hydrogen-bond acceptors (Lipinski definition) is 3. The molecule has 6 nitrogen and oxygen atoms in total. The van der Waals surface area contributed by atoms with Gasteiger partial charge in [-0.15, -0.1) is 0 Å². The molecular weight excluding hydrogens is 327 g/mol. The molecule has 0 atom stereocenters. The predicted molar refractivity (Wildman–Crippen MR) is 86.8 cm³/mol. The monoisotopic (exact) mass is 342 g/mol. The van der Waals surface area contributed by atoms with Crippen molar-refractivity contribution in [3.63, 3.8) is 0 Å². The van der Waals surface area contributed by atoms with Gasteiger partial charge in [0.15, 0.2) is 0 Å². The van der Waals surface area contributed by atoms with Crippen molar-refractivity contribution in [1.82, 2.24) is 15.1 Å². The highest BCUT2D eigenvalue weighted by atomic mass is 35.5. The van der Waals surface area contributed by atoms with E-state index in [1.54, 1.807) is 16.9 Å². The van der Waals surface area contributed by atoms with Crippen molar-refractivity contribution in [2.45, 2.75) is 13.5 Å². The van der Waals surface area contributed by atoms with Gasteiger partial charge < -0.3 is 15.4 Å². The maximum atomic E-state index is 12.0. The fraction of sp³-hybridized carbons (Fsp3) is 0.286. The van der Waals surface area contributed by atoms with Gasteiger partial charge in [-0.3, -0.25) is 4.68 Å². The first-order valence-electron chi connectivity index (χ1n) is 6.47. The van der Waals surface area contributed by atoms with Crippen molar-refractivity contribution in [3.05, 3.63) is 39.6 Å². The van der Waals surface area contributed by atoms with E-state index in [1.807, 2.05) is 14.0 Å². The lowest BCUT2D eigenvalue weighted by atomic mass is 10.2. The average molecular weight is 343 g/mol. The number of carbonyl (C=O) groups is 1. The van der Waals surface area contributed by atoms with E-state index in [9.17, 15) is 4.79 Å². The lowest BCUT2D eigenvalue weighted by molar-refractivity contribution is 0.251. The van der Waals surface area contributed by atoms with Gasteiger partial charge in [0.05, 0.1) is 29.0 Å². The molecule has 2 aromatic rings. The van der Waals surface area contributed by atoms with E-state index < -0.39 is 0 Å². The summed E-state index contributed by atoms with van der Waals surface area (Å²) in [5.41, 5.74) is 2.38. The van der Waals surface area contributed by atoms with Gasteiger partial charge in [-0.2, -0.15) is 5.10 Å². The quantitative estimate of drug-likeness (QED) is 0.894. The molecule has 2 N–H and O–H groups in total.